The van der Waals surface area contributed by atoms with E-state index < -0.39 is 17.4 Å². The van der Waals surface area contributed by atoms with Crippen molar-refractivity contribution >= 4 is 23.8 Å². The van der Waals surface area contributed by atoms with Crippen molar-refractivity contribution in [2.75, 3.05) is 6.54 Å². The van der Waals surface area contributed by atoms with Crippen LogP contribution in [0, 0.1) is 23.2 Å². The van der Waals surface area contributed by atoms with Gasteiger partial charge in [-0.05, 0) is 49.9 Å². The van der Waals surface area contributed by atoms with Gasteiger partial charge in [0, 0.05) is 36.1 Å². The minimum Gasteiger partial charge on any atom is -0.488 e. The molecule has 1 amide bonds. The zero-order valence-electron chi connectivity index (χ0n) is 23.8. The Morgan fingerprint density at radius 2 is 1.82 bits per heavy atom. The normalized spacial score (nSPS) is 31.1. The zero-order chi connectivity index (χ0) is 27.7. The van der Waals surface area contributed by atoms with E-state index in [1.165, 1.54) is 0 Å². The third kappa shape index (κ3) is 5.85. The molecule has 2 aliphatic heterocycles. The van der Waals surface area contributed by atoms with Gasteiger partial charge in [-0.1, -0.05) is 40.5 Å². The number of aromatic nitrogens is 2. The summed E-state index contributed by atoms with van der Waals surface area (Å²) in [6.45, 7) is 8.19. The molecular weight excluding hydrogens is 494 g/mol. The van der Waals surface area contributed by atoms with Crippen molar-refractivity contribution in [3.05, 3.63) is 30.2 Å². The summed E-state index contributed by atoms with van der Waals surface area (Å²) in [7, 11) is 0. The van der Waals surface area contributed by atoms with Crippen LogP contribution in [0.1, 0.15) is 84.6 Å². The van der Waals surface area contributed by atoms with E-state index in [0.29, 0.717) is 12.5 Å². The summed E-state index contributed by atoms with van der Waals surface area (Å²) in [6.07, 6.45) is 14.5. The number of hydrogen-bond acceptors (Lipinski definition) is 6. The van der Waals surface area contributed by atoms with Crippen molar-refractivity contribution in [3.63, 3.8) is 0 Å². The molecule has 5 rings (SSSR count). The first-order valence-corrected chi connectivity index (χ1v) is 14.7. The maximum atomic E-state index is 14.0. The fourth-order valence-corrected chi connectivity index (χ4v) is 6.75. The van der Waals surface area contributed by atoms with Gasteiger partial charge in [0.05, 0.1) is 24.9 Å². The number of amides is 1. The highest BCUT2D eigenvalue weighted by atomic mass is 16.5. The molecule has 0 spiro atoms. The van der Waals surface area contributed by atoms with Crippen molar-refractivity contribution in [2.45, 2.75) is 104 Å². The molecule has 39 heavy (non-hydrogen) atoms. The van der Waals surface area contributed by atoms with Crippen LogP contribution in [0.5, 0.6) is 5.75 Å². The van der Waals surface area contributed by atoms with Gasteiger partial charge in [0.25, 0.3) is 0 Å². The molecule has 1 aliphatic carbocycles. The molecule has 1 saturated carbocycles. The monoisotopic (exact) mass is 537 g/mol. The molecule has 0 radical (unpaired) electrons. The molecule has 6 atom stereocenters. The van der Waals surface area contributed by atoms with E-state index in [1.807, 2.05) is 44.4 Å². The Hall–Kier alpha value is -2.90. The van der Waals surface area contributed by atoms with E-state index in [0.717, 1.165) is 74.6 Å². The van der Waals surface area contributed by atoms with Crippen LogP contribution in [-0.2, 0) is 25.5 Å². The van der Waals surface area contributed by atoms with Gasteiger partial charge < -0.3 is 23.6 Å². The van der Waals surface area contributed by atoms with Gasteiger partial charge >= 0.3 is 5.97 Å². The molecule has 0 unspecified atom stereocenters. The van der Waals surface area contributed by atoms with Gasteiger partial charge in [0.15, 0.2) is 0 Å². The van der Waals surface area contributed by atoms with Gasteiger partial charge in [-0.25, -0.2) is 4.98 Å². The predicted octanol–water partition coefficient (Wildman–Crippen LogP) is 5.01. The largest absolute Gasteiger partial charge is 0.488 e. The number of aryl methyl sites for hydroxylation is 1. The Bertz CT molecular complexity index is 1200. The third-order valence-electron chi connectivity index (χ3n) is 9.24. The van der Waals surface area contributed by atoms with Crippen LogP contribution in [0.4, 0.5) is 0 Å². The highest BCUT2D eigenvalue weighted by Gasteiger charge is 2.47. The molecular formula is C31H43N3O5. The van der Waals surface area contributed by atoms with E-state index >= 15 is 0 Å². The first kappa shape index (κ1) is 27.7. The molecule has 212 valence electrons. The predicted molar refractivity (Wildman–Crippen MR) is 147 cm³/mol. The van der Waals surface area contributed by atoms with Gasteiger partial charge in [-0.3, -0.25) is 9.59 Å². The molecule has 0 N–H and O–H groups in total. The summed E-state index contributed by atoms with van der Waals surface area (Å²) in [5, 5.41) is 0. The van der Waals surface area contributed by atoms with E-state index in [-0.39, 0.29) is 36.4 Å². The van der Waals surface area contributed by atoms with Gasteiger partial charge in [-0.2, -0.15) is 0 Å². The van der Waals surface area contributed by atoms with E-state index in [9.17, 15) is 14.4 Å². The number of ether oxygens (including phenoxy) is 2. The number of fused-ring (bicyclic) bond motifs is 5. The number of aldehydes is 1. The molecule has 2 bridgehead atoms. The van der Waals surface area contributed by atoms with Crippen molar-refractivity contribution in [3.8, 4) is 5.75 Å². The standard InChI is InChI=1S/C31H43N3O5/c1-20-24(19-35)34-18-27(20)38-26-16-28-32-13-14-33(28)17-22(26)10-7-5-6-9-21-11-8-12-25(21)39-29(36)15-23(30(34)37)31(2,3)4/h13-14,16-17,19-21,23-25,27H,5-12,15,18H2,1-4H3/t20-,21+,23+,24+,25+,27-/m0/s1. The number of hydrogen-bond donors (Lipinski definition) is 0. The lowest BCUT2D eigenvalue weighted by Gasteiger charge is -2.34. The molecule has 4 heterocycles. The lowest BCUT2D eigenvalue weighted by molar-refractivity contribution is -0.157. The second kappa shape index (κ2) is 11.3. The van der Waals surface area contributed by atoms with Crippen molar-refractivity contribution in [1.82, 2.24) is 14.3 Å². The third-order valence-corrected chi connectivity index (χ3v) is 9.24. The minimum atomic E-state index is -0.608. The molecule has 0 aromatic carbocycles. The summed E-state index contributed by atoms with van der Waals surface area (Å²) in [4.78, 5) is 45.6. The molecule has 8 heteroatoms. The quantitative estimate of drug-likeness (QED) is 0.375. The van der Waals surface area contributed by atoms with Crippen LogP contribution >= 0.6 is 0 Å². The van der Waals surface area contributed by atoms with Gasteiger partial charge in [0.2, 0.25) is 5.91 Å². The Balaban J connectivity index is 1.48. The number of carbonyl (C=O) groups is 3. The Morgan fingerprint density at radius 1 is 1.03 bits per heavy atom. The fourth-order valence-electron chi connectivity index (χ4n) is 6.75. The summed E-state index contributed by atoms with van der Waals surface area (Å²) < 4.78 is 14.6. The molecule has 2 aromatic rings. The van der Waals surface area contributed by atoms with Crippen LogP contribution < -0.4 is 4.74 Å². The fraction of sp³-hybridized carbons (Fsp3) is 0.677. The number of imidazole rings is 1. The molecule has 1 saturated heterocycles. The van der Waals surface area contributed by atoms with E-state index in [2.05, 4.69) is 11.2 Å². The first-order valence-electron chi connectivity index (χ1n) is 14.7. The molecule has 8 nitrogen and oxygen atoms in total. The lowest BCUT2D eigenvalue weighted by Crippen LogP contribution is -2.46. The minimum absolute atomic E-state index is 0.0221. The maximum Gasteiger partial charge on any atom is 0.306 e. The summed E-state index contributed by atoms with van der Waals surface area (Å²) in [6, 6.07) is 1.36. The zero-order valence-corrected chi connectivity index (χ0v) is 23.8. The highest BCUT2D eigenvalue weighted by Crippen LogP contribution is 2.38. The lowest BCUT2D eigenvalue weighted by atomic mass is 9.77. The maximum absolute atomic E-state index is 14.0. The first-order chi connectivity index (χ1) is 18.7. The van der Waals surface area contributed by atoms with Crippen molar-refractivity contribution in [2.24, 2.45) is 23.2 Å². The van der Waals surface area contributed by atoms with E-state index in [4.69, 9.17) is 9.47 Å². The number of nitrogens with zero attached hydrogens (tertiary/aromatic N) is 3. The number of carbonyl (C=O) groups excluding carboxylic acids is 3. The second-order valence-corrected chi connectivity index (χ2v) is 12.9. The van der Waals surface area contributed by atoms with Gasteiger partial charge in [-0.15, -0.1) is 0 Å². The van der Waals surface area contributed by atoms with Crippen LogP contribution in [0.15, 0.2) is 24.7 Å². The smallest absolute Gasteiger partial charge is 0.306 e. The van der Waals surface area contributed by atoms with Crippen LogP contribution in [0.25, 0.3) is 5.65 Å². The van der Waals surface area contributed by atoms with Crippen molar-refractivity contribution in [1.29, 1.82) is 0 Å². The highest BCUT2D eigenvalue weighted by molar-refractivity contribution is 5.87. The van der Waals surface area contributed by atoms with Crippen LogP contribution in [0.2, 0.25) is 0 Å². The van der Waals surface area contributed by atoms with Crippen LogP contribution in [0.3, 0.4) is 0 Å². The number of pyridine rings is 1. The number of rotatable bonds is 1. The number of esters is 1. The topological polar surface area (TPSA) is 90.2 Å². The van der Waals surface area contributed by atoms with Crippen LogP contribution in [-0.4, -0.2) is 57.2 Å². The Kier molecular flexibility index (Phi) is 8.01. The van der Waals surface area contributed by atoms with Crippen molar-refractivity contribution < 1.29 is 23.9 Å². The summed E-state index contributed by atoms with van der Waals surface area (Å²) in [5.41, 5.74) is 1.45. The second-order valence-electron chi connectivity index (χ2n) is 12.9. The molecule has 2 aromatic heterocycles. The summed E-state index contributed by atoms with van der Waals surface area (Å²) in [5.74, 6) is -0.0999. The Morgan fingerprint density at radius 3 is 2.59 bits per heavy atom. The summed E-state index contributed by atoms with van der Waals surface area (Å²) >= 11 is 0. The van der Waals surface area contributed by atoms with E-state index in [1.54, 1.807) is 11.1 Å². The average molecular weight is 538 g/mol. The molecule has 3 aliphatic rings. The molecule has 2 fully saturated rings. The average Bonchev–Trinajstić information content (AvgIpc) is 3.60. The van der Waals surface area contributed by atoms with Gasteiger partial charge in [0.1, 0.15) is 29.9 Å². The Labute approximate surface area is 231 Å². The SMILES string of the molecule is C[C@@H]1[C@@H]2CN(C(=O)[C@H](C(C)(C)C)CC(=O)O[C@@H]3CCC[C@H]3CCCCCc3cn4ccnc4cc3O2)[C@@H]1C=O.